The summed E-state index contributed by atoms with van der Waals surface area (Å²) in [5.41, 5.74) is 0. The minimum Gasteiger partial charge on any atom is -0.616 e. The van der Waals surface area contributed by atoms with Gasteiger partial charge in [-0.2, -0.15) is 0 Å². The van der Waals surface area contributed by atoms with Crippen molar-refractivity contribution in [2.75, 3.05) is 11.5 Å². The molecule has 1 fully saturated rings. The summed E-state index contributed by atoms with van der Waals surface area (Å²) in [5, 5.41) is 0. The predicted molar refractivity (Wildman–Crippen MR) is 34.2 cm³/mol. The second kappa shape index (κ2) is 4.15. The van der Waals surface area contributed by atoms with Crippen molar-refractivity contribution in [3.05, 3.63) is 0 Å². The molecular formula is C5H11FOS. The largest absolute Gasteiger partial charge is 0.616 e. The van der Waals surface area contributed by atoms with Gasteiger partial charge >= 0.3 is 0 Å². The van der Waals surface area contributed by atoms with Crippen LogP contribution in [0.2, 0.25) is 0 Å². The van der Waals surface area contributed by atoms with E-state index in [1.165, 1.54) is 19.3 Å². The molecule has 0 saturated carbocycles. The van der Waals surface area contributed by atoms with E-state index >= 15 is 0 Å². The minimum absolute atomic E-state index is 0. The maximum atomic E-state index is 10.6. The molecule has 8 heavy (non-hydrogen) atoms. The van der Waals surface area contributed by atoms with E-state index in [1.54, 1.807) is 0 Å². The van der Waals surface area contributed by atoms with Crippen LogP contribution in [0.1, 0.15) is 19.3 Å². The van der Waals surface area contributed by atoms with Crippen LogP contribution in [0.3, 0.4) is 0 Å². The lowest BCUT2D eigenvalue weighted by molar-refractivity contribution is 0.574. The van der Waals surface area contributed by atoms with E-state index in [4.69, 9.17) is 0 Å². The van der Waals surface area contributed by atoms with Crippen molar-refractivity contribution in [3.63, 3.8) is 0 Å². The molecule has 1 nitrogen and oxygen atoms in total. The Bertz CT molecular complexity index is 54.4. The Morgan fingerprint density at radius 2 is 1.50 bits per heavy atom. The van der Waals surface area contributed by atoms with Crippen molar-refractivity contribution in [2.24, 2.45) is 0 Å². The lowest BCUT2D eigenvalue weighted by Gasteiger charge is -2.14. The van der Waals surface area contributed by atoms with Gasteiger partial charge in [0.05, 0.1) is 0 Å². The average Bonchev–Trinajstić information content (AvgIpc) is 1.69. The van der Waals surface area contributed by atoms with Crippen molar-refractivity contribution in [1.29, 1.82) is 0 Å². The standard InChI is InChI=1S/C5H10OS.FH/c6-7-4-2-1-3-5-7;/h1-5H2;1H. The van der Waals surface area contributed by atoms with Gasteiger partial charge in [0, 0.05) is 0 Å². The molecule has 1 aliphatic heterocycles. The summed E-state index contributed by atoms with van der Waals surface area (Å²) in [6.07, 6.45) is 3.67. The summed E-state index contributed by atoms with van der Waals surface area (Å²) >= 11 is -0.440. The fourth-order valence-corrected chi connectivity index (χ4v) is 2.06. The van der Waals surface area contributed by atoms with Crippen molar-refractivity contribution < 1.29 is 9.26 Å². The number of hydrogen-bond acceptors (Lipinski definition) is 1. The molecule has 3 heteroatoms. The molecule has 50 valence electrons. The summed E-state index contributed by atoms with van der Waals surface area (Å²) in [7, 11) is 0. The topological polar surface area (TPSA) is 23.1 Å². The van der Waals surface area contributed by atoms with E-state index in [9.17, 15) is 4.55 Å². The molecule has 0 bridgehead atoms. The van der Waals surface area contributed by atoms with E-state index < -0.39 is 11.2 Å². The quantitative estimate of drug-likeness (QED) is 0.459. The molecule has 0 aliphatic carbocycles. The maximum Gasteiger partial charge on any atom is 0.105 e. The van der Waals surface area contributed by atoms with Gasteiger partial charge in [-0.15, -0.1) is 0 Å². The zero-order chi connectivity index (χ0) is 5.11. The van der Waals surface area contributed by atoms with Crippen molar-refractivity contribution in [3.8, 4) is 0 Å². The SMILES string of the molecule is F.[O-][S+]1CCCCC1. The first-order chi connectivity index (χ1) is 3.39. The highest BCUT2D eigenvalue weighted by atomic mass is 32.2. The molecule has 0 spiro atoms. The monoisotopic (exact) mass is 138 g/mol. The van der Waals surface area contributed by atoms with Crippen LogP contribution in [0.5, 0.6) is 0 Å². The smallest absolute Gasteiger partial charge is 0.105 e. The summed E-state index contributed by atoms with van der Waals surface area (Å²) < 4.78 is 10.6. The second-order valence-electron chi connectivity index (χ2n) is 1.91. The first-order valence-corrected chi connectivity index (χ1v) is 4.23. The first-order valence-electron chi connectivity index (χ1n) is 2.74. The molecule has 1 heterocycles. The fraction of sp³-hybridized carbons (Fsp3) is 1.00. The zero-order valence-corrected chi connectivity index (χ0v) is 5.58. The Labute approximate surface area is 52.0 Å². The molecule has 0 aromatic heterocycles. The van der Waals surface area contributed by atoms with Crippen LogP contribution in [-0.4, -0.2) is 16.1 Å². The minimum atomic E-state index is -0.440. The summed E-state index contributed by atoms with van der Waals surface area (Å²) in [6.45, 7) is 0. The molecule has 0 unspecified atom stereocenters. The molecule has 0 aromatic carbocycles. The fourth-order valence-electron chi connectivity index (χ4n) is 0.805. The van der Waals surface area contributed by atoms with Crippen LogP contribution < -0.4 is 0 Å². The third kappa shape index (κ3) is 2.52. The molecule has 0 N–H and O–H groups in total. The van der Waals surface area contributed by atoms with Gasteiger partial charge in [0.1, 0.15) is 11.5 Å². The highest BCUT2D eigenvalue weighted by molar-refractivity contribution is 7.91. The first kappa shape index (κ1) is 8.24. The van der Waals surface area contributed by atoms with Gasteiger partial charge in [0.15, 0.2) is 0 Å². The lowest BCUT2D eigenvalue weighted by atomic mass is 10.3. The normalized spacial score (nSPS) is 22.1. The van der Waals surface area contributed by atoms with Crippen molar-refractivity contribution in [2.45, 2.75) is 19.3 Å². The Kier molecular flexibility index (Phi) is 4.28. The van der Waals surface area contributed by atoms with E-state index in [-0.39, 0.29) is 4.70 Å². The van der Waals surface area contributed by atoms with Gasteiger partial charge < -0.3 is 4.55 Å². The maximum absolute atomic E-state index is 10.6. The third-order valence-corrected chi connectivity index (χ3v) is 2.73. The molecule has 0 atom stereocenters. The van der Waals surface area contributed by atoms with E-state index in [2.05, 4.69) is 0 Å². The summed E-state index contributed by atoms with van der Waals surface area (Å²) in [4.78, 5) is 0. The molecule has 1 rings (SSSR count). The van der Waals surface area contributed by atoms with Gasteiger partial charge in [-0.25, -0.2) is 0 Å². The average molecular weight is 138 g/mol. The lowest BCUT2D eigenvalue weighted by Crippen LogP contribution is -2.15. The van der Waals surface area contributed by atoms with Gasteiger partial charge in [0.25, 0.3) is 0 Å². The summed E-state index contributed by atoms with van der Waals surface area (Å²) in [5.74, 6) is 1.92. The van der Waals surface area contributed by atoms with Gasteiger partial charge in [0.2, 0.25) is 0 Å². The van der Waals surface area contributed by atoms with Crippen LogP contribution in [-0.2, 0) is 11.2 Å². The van der Waals surface area contributed by atoms with Crippen molar-refractivity contribution >= 4 is 11.2 Å². The molecule has 0 amide bonds. The van der Waals surface area contributed by atoms with Gasteiger partial charge in [-0.1, -0.05) is 11.2 Å². The van der Waals surface area contributed by atoms with Crippen LogP contribution in [0.25, 0.3) is 0 Å². The molecule has 1 saturated heterocycles. The van der Waals surface area contributed by atoms with Crippen molar-refractivity contribution in [1.82, 2.24) is 0 Å². The van der Waals surface area contributed by atoms with E-state index in [1.807, 2.05) is 0 Å². The van der Waals surface area contributed by atoms with Crippen LogP contribution >= 0.6 is 0 Å². The molecular weight excluding hydrogens is 127 g/mol. The Balaban J connectivity index is 0.000000490. The van der Waals surface area contributed by atoms with Crippen LogP contribution in [0, 0.1) is 0 Å². The van der Waals surface area contributed by atoms with E-state index in [0.717, 1.165) is 11.5 Å². The number of rotatable bonds is 0. The number of hydrogen-bond donors (Lipinski definition) is 0. The summed E-state index contributed by atoms with van der Waals surface area (Å²) in [6, 6.07) is 0. The third-order valence-electron chi connectivity index (χ3n) is 1.24. The zero-order valence-electron chi connectivity index (χ0n) is 4.76. The number of halogens is 1. The van der Waals surface area contributed by atoms with Gasteiger partial charge in [-0.05, 0) is 19.3 Å². The van der Waals surface area contributed by atoms with E-state index in [0.29, 0.717) is 0 Å². The molecule has 0 radical (unpaired) electrons. The molecule has 1 aliphatic rings. The molecule has 0 aromatic rings. The Hall–Kier alpha value is 0.240. The predicted octanol–water partition coefficient (Wildman–Crippen LogP) is 1.07. The highest BCUT2D eigenvalue weighted by Gasteiger charge is 2.09. The Morgan fingerprint density at radius 3 is 1.75 bits per heavy atom. The van der Waals surface area contributed by atoms with Crippen LogP contribution in [0.15, 0.2) is 0 Å². The van der Waals surface area contributed by atoms with Crippen LogP contribution in [0.4, 0.5) is 4.70 Å². The Morgan fingerprint density at radius 1 is 1.00 bits per heavy atom. The second-order valence-corrected chi connectivity index (χ2v) is 3.60. The van der Waals surface area contributed by atoms with Gasteiger partial charge in [-0.3, -0.25) is 4.70 Å². The highest BCUT2D eigenvalue weighted by Crippen LogP contribution is 2.09.